The molecule has 2 aromatic heterocycles. The van der Waals surface area contributed by atoms with Gasteiger partial charge in [0, 0.05) is 31.1 Å². The molecule has 2 heterocycles. The molecule has 0 aliphatic carbocycles. The Bertz CT molecular complexity index is 745. The fraction of sp³-hybridized carbons (Fsp3) is 0.154. The van der Waals surface area contributed by atoms with Gasteiger partial charge in [-0.2, -0.15) is 5.10 Å². The molecular formula is C13H12N4O. The summed E-state index contributed by atoms with van der Waals surface area (Å²) in [6.07, 6.45) is 3.36. The van der Waals surface area contributed by atoms with E-state index >= 15 is 0 Å². The summed E-state index contributed by atoms with van der Waals surface area (Å²) in [5, 5.41) is 8.84. The monoisotopic (exact) mass is 240 g/mol. The summed E-state index contributed by atoms with van der Waals surface area (Å²) in [5.74, 6) is -0.0447. The lowest BCUT2D eigenvalue weighted by molar-refractivity contribution is 0.0827. The summed E-state index contributed by atoms with van der Waals surface area (Å²) in [5.41, 5.74) is 2.39. The van der Waals surface area contributed by atoms with Gasteiger partial charge >= 0.3 is 0 Å². The van der Waals surface area contributed by atoms with Gasteiger partial charge in [0.2, 0.25) is 0 Å². The highest BCUT2D eigenvalue weighted by Crippen LogP contribution is 2.20. The number of nitrogens with one attached hydrogen (secondary N) is 1. The van der Waals surface area contributed by atoms with Gasteiger partial charge in [-0.1, -0.05) is 0 Å². The Balaban J connectivity index is 2.21. The number of fused-ring (bicyclic) bond motifs is 2. The van der Waals surface area contributed by atoms with E-state index in [4.69, 9.17) is 0 Å². The van der Waals surface area contributed by atoms with Gasteiger partial charge in [-0.3, -0.25) is 14.9 Å². The van der Waals surface area contributed by atoms with E-state index in [1.807, 2.05) is 18.2 Å². The molecule has 3 rings (SSSR count). The minimum absolute atomic E-state index is 0.0447. The molecule has 0 bridgehead atoms. The van der Waals surface area contributed by atoms with Gasteiger partial charge in [-0.25, -0.2) is 0 Å². The van der Waals surface area contributed by atoms with Gasteiger partial charge in [0.05, 0.1) is 22.8 Å². The number of nitrogens with zero attached hydrogens (tertiary/aromatic N) is 3. The van der Waals surface area contributed by atoms with E-state index in [1.165, 1.54) is 0 Å². The number of aromatic amines is 1. The smallest absolute Gasteiger partial charge is 0.254 e. The summed E-state index contributed by atoms with van der Waals surface area (Å²) in [6, 6.07) is 5.77. The minimum Gasteiger partial charge on any atom is -0.345 e. The Kier molecular flexibility index (Phi) is 2.26. The molecule has 90 valence electrons. The molecule has 18 heavy (non-hydrogen) atoms. The summed E-state index contributed by atoms with van der Waals surface area (Å²) < 4.78 is 0. The normalized spacial score (nSPS) is 11.0. The lowest BCUT2D eigenvalue weighted by Crippen LogP contribution is -2.21. The van der Waals surface area contributed by atoms with Crippen molar-refractivity contribution in [1.82, 2.24) is 20.1 Å². The van der Waals surface area contributed by atoms with Gasteiger partial charge in [0.1, 0.15) is 0 Å². The Hall–Kier alpha value is -2.43. The van der Waals surface area contributed by atoms with Gasteiger partial charge < -0.3 is 4.90 Å². The van der Waals surface area contributed by atoms with Gasteiger partial charge in [-0.15, -0.1) is 0 Å². The van der Waals surface area contributed by atoms with Crippen LogP contribution in [0.5, 0.6) is 0 Å². The van der Waals surface area contributed by atoms with Crippen molar-refractivity contribution in [3.8, 4) is 0 Å². The first-order valence-corrected chi connectivity index (χ1v) is 5.60. The number of hydrogen-bond donors (Lipinski definition) is 1. The molecule has 0 radical (unpaired) electrons. The maximum Gasteiger partial charge on any atom is 0.254 e. The second kappa shape index (κ2) is 3.80. The van der Waals surface area contributed by atoms with E-state index in [2.05, 4.69) is 15.2 Å². The lowest BCUT2D eigenvalue weighted by Gasteiger charge is -2.10. The van der Waals surface area contributed by atoms with Crippen molar-refractivity contribution in [1.29, 1.82) is 0 Å². The number of hydrogen-bond acceptors (Lipinski definition) is 3. The summed E-state index contributed by atoms with van der Waals surface area (Å²) in [6.45, 7) is 0. The Labute approximate surface area is 103 Å². The molecule has 5 heteroatoms. The van der Waals surface area contributed by atoms with Crippen LogP contribution >= 0.6 is 0 Å². The van der Waals surface area contributed by atoms with Gasteiger partial charge in [0.15, 0.2) is 0 Å². The number of aromatic nitrogens is 3. The Morgan fingerprint density at radius 2 is 2.00 bits per heavy atom. The molecule has 5 nitrogen and oxygen atoms in total. The van der Waals surface area contributed by atoms with Crippen molar-refractivity contribution >= 4 is 27.7 Å². The number of pyridine rings is 1. The molecule has 1 N–H and O–H groups in total. The van der Waals surface area contributed by atoms with Crippen molar-refractivity contribution in [2.45, 2.75) is 0 Å². The quantitative estimate of drug-likeness (QED) is 0.705. The average Bonchev–Trinajstić information content (AvgIpc) is 2.81. The minimum atomic E-state index is -0.0447. The van der Waals surface area contributed by atoms with E-state index in [0.717, 1.165) is 21.8 Å². The molecule has 1 aromatic carbocycles. The number of benzene rings is 1. The number of amides is 1. The van der Waals surface area contributed by atoms with Crippen LogP contribution in [0.15, 0.2) is 30.6 Å². The maximum absolute atomic E-state index is 11.9. The van der Waals surface area contributed by atoms with Gasteiger partial charge in [0.25, 0.3) is 5.91 Å². The maximum atomic E-state index is 11.9. The molecule has 3 aromatic rings. The average molecular weight is 240 g/mol. The number of rotatable bonds is 1. The lowest BCUT2D eigenvalue weighted by atomic mass is 10.1. The predicted octanol–water partition coefficient (Wildman–Crippen LogP) is 1.81. The molecular weight excluding hydrogens is 228 g/mol. The summed E-state index contributed by atoms with van der Waals surface area (Å²) >= 11 is 0. The zero-order valence-corrected chi connectivity index (χ0v) is 10.1. The van der Waals surface area contributed by atoms with Crippen LogP contribution in [0.3, 0.4) is 0 Å². The van der Waals surface area contributed by atoms with Crippen LogP contribution in [0.1, 0.15) is 10.4 Å². The number of carbonyl (C=O) groups excluding carboxylic acids is 1. The highest BCUT2D eigenvalue weighted by molar-refractivity contribution is 6.00. The van der Waals surface area contributed by atoms with Crippen LogP contribution in [-0.2, 0) is 0 Å². The highest BCUT2D eigenvalue weighted by atomic mass is 16.2. The van der Waals surface area contributed by atoms with Crippen LogP contribution in [-0.4, -0.2) is 40.1 Å². The van der Waals surface area contributed by atoms with Crippen molar-refractivity contribution < 1.29 is 4.79 Å². The number of H-pyrrole nitrogens is 1. The van der Waals surface area contributed by atoms with Crippen LogP contribution in [0.2, 0.25) is 0 Å². The molecule has 1 amide bonds. The van der Waals surface area contributed by atoms with Crippen molar-refractivity contribution in [2.75, 3.05) is 14.1 Å². The second-order valence-corrected chi connectivity index (χ2v) is 4.43. The zero-order valence-electron chi connectivity index (χ0n) is 10.1. The van der Waals surface area contributed by atoms with E-state index < -0.39 is 0 Å². The second-order valence-electron chi connectivity index (χ2n) is 4.43. The van der Waals surface area contributed by atoms with E-state index in [0.29, 0.717) is 5.56 Å². The van der Waals surface area contributed by atoms with Gasteiger partial charge in [-0.05, 0) is 18.2 Å². The first-order valence-electron chi connectivity index (χ1n) is 5.60. The molecule has 0 saturated heterocycles. The van der Waals surface area contributed by atoms with Crippen molar-refractivity contribution in [3.05, 3.63) is 36.2 Å². The van der Waals surface area contributed by atoms with Crippen LogP contribution in [0.4, 0.5) is 0 Å². The van der Waals surface area contributed by atoms with Crippen molar-refractivity contribution in [3.63, 3.8) is 0 Å². The van der Waals surface area contributed by atoms with E-state index in [-0.39, 0.29) is 5.91 Å². The predicted molar refractivity (Wildman–Crippen MR) is 69.4 cm³/mol. The fourth-order valence-corrected chi connectivity index (χ4v) is 1.94. The van der Waals surface area contributed by atoms with Crippen LogP contribution in [0, 0.1) is 0 Å². The third-order valence-corrected chi connectivity index (χ3v) is 2.89. The molecule has 0 spiro atoms. The van der Waals surface area contributed by atoms with Crippen molar-refractivity contribution in [2.24, 2.45) is 0 Å². The third-order valence-electron chi connectivity index (χ3n) is 2.89. The molecule has 0 atom stereocenters. The SMILES string of the molecule is CN(C)C(=O)c1cnc2cc3[nH]ncc3cc2c1. The summed E-state index contributed by atoms with van der Waals surface area (Å²) in [4.78, 5) is 17.7. The number of carbonyl (C=O) groups is 1. The first-order chi connectivity index (χ1) is 8.65. The van der Waals surface area contributed by atoms with Crippen LogP contribution < -0.4 is 0 Å². The molecule has 0 aliphatic heterocycles. The highest BCUT2D eigenvalue weighted by Gasteiger charge is 2.09. The van der Waals surface area contributed by atoms with E-state index in [1.54, 1.807) is 31.4 Å². The van der Waals surface area contributed by atoms with E-state index in [9.17, 15) is 4.79 Å². The Morgan fingerprint density at radius 1 is 1.17 bits per heavy atom. The fourth-order valence-electron chi connectivity index (χ4n) is 1.94. The third kappa shape index (κ3) is 1.60. The molecule has 0 aliphatic rings. The Morgan fingerprint density at radius 3 is 2.78 bits per heavy atom. The standard InChI is InChI=1S/C13H12N4O/c1-17(2)13(18)10-4-8-3-9-7-15-16-12(9)5-11(8)14-6-10/h3-7H,1-2H3,(H,15,16). The van der Waals surface area contributed by atoms with Crippen LogP contribution in [0.25, 0.3) is 21.8 Å². The molecule has 0 saturated carbocycles. The first kappa shape index (κ1) is 10.7. The topological polar surface area (TPSA) is 61.9 Å². The molecule has 0 fully saturated rings. The zero-order chi connectivity index (χ0) is 12.7. The largest absolute Gasteiger partial charge is 0.345 e. The molecule has 0 unspecified atom stereocenters. The summed E-state index contributed by atoms with van der Waals surface area (Å²) in [7, 11) is 3.46.